The number of esters is 2. The number of hydrogen-bond acceptors (Lipinski definition) is 13. The van der Waals surface area contributed by atoms with Crippen LogP contribution in [0.2, 0.25) is 0 Å². The third-order valence-corrected chi connectivity index (χ3v) is 10.5. The van der Waals surface area contributed by atoms with Crippen LogP contribution in [0.5, 0.6) is 11.5 Å². The lowest BCUT2D eigenvalue weighted by Crippen LogP contribution is -2.64. The van der Waals surface area contributed by atoms with Gasteiger partial charge in [-0.2, -0.15) is 0 Å². The van der Waals surface area contributed by atoms with Gasteiger partial charge in [0.1, 0.15) is 30.5 Å². The monoisotopic (exact) mass is 635 g/mol. The average molecular weight is 636 g/mol. The molecule has 1 aromatic carbocycles. The van der Waals surface area contributed by atoms with Crippen molar-refractivity contribution >= 4 is 17.6 Å². The molecule has 45 heavy (non-hydrogen) atoms. The van der Waals surface area contributed by atoms with E-state index in [2.05, 4.69) is 0 Å². The van der Waals surface area contributed by atoms with Gasteiger partial charge in [-0.05, 0) is 53.5 Å². The Morgan fingerprint density at radius 1 is 0.867 bits per heavy atom. The second-order valence-electron chi connectivity index (χ2n) is 14.0. The smallest absolute Gasteiger partial charge is 0.351 e. The fourth-order valence-corrected chi connectivity index (χ4v) is 7.65. The second-order valence-corrected chi connectivity index (χ2v) is 14.0. The van der Waals surface area contributed by atoms with Crippen molar-refractivity contribution in [1.82, 2.24) is 0 Å². The number of nitro benzene ring substituents is 1. The summed E-state index contributed by atoms with van der Waals surface area (Å²) < 4.78 is 54.4. The SMILES string of the molecule is COc1cc(CO[C@@H]2[C@H](OC(=O)C34CCC(C)(C(=O)O3)C4(C)C)[C@H]3OC(C)(C)O[C@H]3[C@@H]3OC(C)(C)O[C@@H]23)c([N+](=O)[O-])cc1OC. The third-order valence-electron chi connectivity index (χ3n) is 10.5. The Bertz CT molecular complexity index is 1420. The second kappa shape index (κ2) is 10.2. The van der Waals surface area contributed by atoms with Gasteiger partial charge in [-0.3, -0.25) is 14.9 Å². The lowest BCUT2D eigenvalue weighted by atomic mass is 9.66. The van der Waals surface area contributed by atoms with E-state index in [1.807, 2.05) is 20.8 Å². The number of fused-ring (bicyclic) bond motifs is 5. The maximum Gasteiger partial charge on any atom is 0.351 e. The molecule has 2 unspecified atom stereocenters. The van der Waals surface area contributed by atoms with E-state index in [9.17, 15) is 19.7 Å². The van der Waals surface area contributed by atoms with Crippen LogP contribution < -0.4 is 9.47 Å². The van der Waals surface area contributed by atoms with Gasteiger partial charge in [0, 0.05) is 5.41 Å². The van der Waals surface area contributed by atoms with Gasteiger partial charge in [-0.15, -0.1) is 0 Å². The van der Waals surface area contributed by atoms with Crippen LogP contribution in [0.3, 0.4) is 0 Å². The van der Waals surface area contributed by atoms with Gasteiger partial charge >= 0.3 is 11.9 Å². The molecule has 6 rings (SSSR count). The number of nitrogens with zero attached hydrogens (tertiary/aromatic N) is 1. The molecule has 3 heterocycles. The van der Waals surface area contributed by atoms with E-state index in [-0.39, 0.29) is 29.4 Å². The largest absolute Gasteiger partial charge is 0.493 e. The quantitative estimate of drug-likeness (QED) is 0.232. The summed E-state index contributed by atoms with van der Waals surface area (Å²) >= 11 is 0. The lowest BCUT2D eigenvalue weighted by molar-refractivity contribution is -0.386. The Kier molecular flexibility index (Phi) is 7.26. The van der Waals surface area contributed by atoms with Crippen LogP contribution in [0, 0.1) is 20.9 Å². The Hall–Kier alpha value is -3.04. The van der Waals surface area contributed by atoms with Crippen molar-refractivity contribution < 1.29 is 57.1 Å². The molecular weight excluding hydrogens is 594 g/mol. The van der Waals surface area contributed by atoms with Crippen molar-refractivity contribution in [3.63, 3.8) is 0 Å². The van der Waals surface area contributed by atoms with Crippen molar-refractivity contribution in [1.29, 1.82) is 0 Å². The van der Waals surface area contributed by atoms with Gasteiger partial charge in [-0.25, -0.2) is 4.79 Å². The van der Waals surface area contributed by atoms with Gasteiger partial charge in [0.25, 0.3) is 5.69 Å². The van der Waals surface area contributed by atoms with E-state index in [4.69, 9.17) is 42.6 Å². The van der Waals surface area contributed by atoms with E-state index in [0.717, 1.165) is 0 Å². The van der Waals surface area contributed by atoms with E-state index in [0.29, 0.717) is 12.8 Å². The fraction of sp³-hybridized carbons (Fsp3) is 0.742. The number of ether oxygens (including phenoxy) is 9. The molecule has 2 bridgehead atoms. The molecule has 0 amide bonds. The first-order chi connectivity index (χ1) is 20.9. The lowest BCUT2D eigenvalue weighted by Gasteiger charge is -2.44. The molecule has 2 saturated carbocycles. The highest BCUT2D eigenvalue weighted by molar-refractivity contribution is 5.93. The van der Waals surface area contributed by atoms with E-state index >= 15 is 0 Å². The summed E-state index contributed by atoms with van der Waals surface area (Å²) in [6.07, 6.45) is -4.46. The normalized spacial score (nSPS) is 38.3. The minimum atomic E-state index is -1.51. The molecule has 5 aliphatic rings. The van der Waals surface area contributed by atoms with Gasteiger partial charge < -0.3 is 42.6 Å². The third kappa shape index (κ3) is 4.62. The first kappa shape index (κ1) is 31.9. The first-order valence-corrected chi connectivity index (χ1v) is 15.1. The Balaban J connectivity index is 1.38. The maximum atomic E-state index is 14.2. The summed E-state index contributed by atoms with van der Waals surface area (Å²) in [5.41, 5.74) is -3.28. The highest BCUT2D eigenvalue weighted by Crippen LogP contribution is 2.66. The van der Waals surface area contributed by atoms with E-state index < -0.39 is 81.5 Å². The van der Waals surface area contributed by atoms with Crippen LogP contribution in [0.1, 0.15) is 66.9 Å². The molecule has 0 spiro atoms. The van der Waals surface area contributed by atoms with Crippen molar-refractivity contribution in [2.45, 2.75) is 122 Å². The van der Waals surface area contributed by atoms with Crippen molar-refractivity contribution in [3.05, 3.63) is 27.8 Å². The molecular formula is C31H41NO13. The van der Waals surface area contributed by atoms with Crippen LogP contribution in [0.25, 0.3) is 0 Å². The van der Waals surface area contributed by atoms with Crippen LogP contribution in [0.4, 0.5) is 5.69 Å². The predicted octanol–water partition coefficient (Wildman–Crippen LogP) is 3.58. The Labute approximate surface area is 261 Å². The number of benzene rings is 1. The topological polar surface area (TPSA) is 160 Å². The number of methoxy groups -OCH3 is 2. The van der Waals surface area contributed by atoms with Crippen molar-refractivity contribution in [3.8, 4) is 11.5 Å². The van der Waals surface area contributed by atoms with Crippen LogP contribution in [-0.2, 0) is 49.4 Å². The zero-order chi connectivity index (χ0) is 32.9. The Morgan fingerprint density at radius 2 is 1.40 bits per heavy atom. The fourth-order valence-electron chi connectivity index (χ4n) is 7.65. The van der Waals surface area contributed by atoms with Crippen LogP contribution >= 0.6 is 0 Å². The molecule has 8 atom stereocenters. The number of rotatable bonds is 8. The zero-order valence-corrected chi connectivity index (χ0v) is 27.0. The minimum absolute atomic E-state index is 0.185. The molecule has 3 aliphatic heterocycles. The van der Waals surface area contributed by atoms with Gasteiger partial charge in [0.05, 0.1) is 42.8 Å². The molecule has 0 radical (unpaired) electrons. The number of nitro groups is 1. The number of carbonyl (C=O) groups is 2. The number of hydrogen-bond donors (Lipinski definition) is 0. The molecule has 14 nitrogen and oxygen atoms in total. The zero-order valence-electron chi connectivity index (χ0n) is 27.0. The highest BCUT2D eigenvalue weighted by atomic mass is 16.8. The molecule has 248 valence electrons. The van der Waals surface area contributed by atoms with Gasteiger partial charge in [-0.1, -0.05) is 13.8 Å². The molecule has 0 N–H and O–H groups in total. The summed E-state index contributed by atoms with van der Waals surface area (Å²) in [6, 6.07) is 2.73. The molecule has 14 heteroatoms. The van der Waals surface area contributed by atoms with Crippen LogP contribution in [-0.4, -0.2) is 84.9 Å². The van der Waals surface area contributed by atoms with Crippen molar-refractivity contribution in [2.75, 3.05) is 14.2 Å². The molecule has 3 saturated heterocycles. The summed E-state index contributed by atoms with van der Waals surface area (Å²) in [7, 11) is 2.81. The van der Waals surface area contributed by atoms with Gasteiger partial charge in [0.15, 0.2) is 29.2 Å². The summed E-state index contributed by atoms with van der Waals surface area (Å²) in [5, 5.41) is 12.0. The first-order valence-electron chi connectivity index (χ1n) is 15.1. The van der Waals surface area contributed by atoms with Crippen LogP contribution in [0.15, 0.2) is 12.1 Å². The summed E-state index contributed by atoms with van der Waals surface area (Å²) in [6.45, 7) is 12.2. The maximum absolute atomic E-state index is 14.2. The molecule has 1 aromatic rings. The molecule has 5 fully saturated rings. The minimum Gasteiger partial charge on any atom is -0.493 e. The van der Waals surface area contributed by atoms with E-state index in [1.165, 1.54) is 26.4 Å². The summed E-state index contributed by atoms with van der Waals surface area (Å²) in [4.78, 5) is 38.7. The number of carbonyl (C=O) groups excluding carboxylic acids is 2. The summed E-state index contributed by atoms with van der Waals surface area (Å²) in [5.74, 6) is -2.83. The molecule has 2 aliphatic carbocycles. The van der Waals surface area contributed by atoms with Gasteiger partial charge in [0.2, 0.25) is 5.60 Å². The molecule has 0 aromatic heterocycles. The standard InChI is InChI=1S/C31H41NO13/c1-27(2)30(7)10-11-31(27,45-25(30)33)26(34)40-20-19(39-14-15-12-17(37-8)18(38-9)13-16(15)32(35)36)21-23(43-28(3,4)41-21)24-22(20)42-29(5,6)44-24/h12-13,19-24H,10-11,14H2,1-9H3/t19-,20+,21+,22-,23-,24-,30?,31?/m1/s1. The predicted molar refractivity (Wildman–Crippen MR) is 152 cm³/mol. The Morgan fingerprint density at radius 3 is 1.89 bits per heavy atom. The average Bonchev–Trinajstić information content (AvgIpc) is 3.57. The van der Waals surface area contributed by atoms with Crippen molar-refractivity contribution in [2.24, 2.45) is 10.8 Å². The van der Waals surface area contributed by atoms with E-state index in [1.54, 1.807) is 27.7 Å². The highest BCUT2D eigenvalue weighted by Gasteiger charge is 2.77.